The molecule has 9 heavy (non-hydrogen) atoms. The van der Waals surface area contributed by atoms with Crippen molar-refractivity contribution in [1.82, 2.24) is 0 Å². The van der Waals surface area contributed by atoms with Crippen molar-refractivity contribution < 1.29 is 9.21 Å². The molecule has 1 aromatic rings. The van der Waals surface area contributed by atoms with Crippen LogP contribution in [0.4, 0.5) is 0 Å². The van der Waals surface area contributed by atoms with Crippen molar-refractivity contribution in [2.45, 2.75) is 0 Å². The fourth-order valence-electron chi connectivity index (χ4n) is 0.421. The summed E-state index contributed by atoms with van der Waals surface area (Å²) in [5, 5.41) is 0. The molecule has 0 radical (unpaired) electrons. The maximum absolute atomic E-state index is 10.0. The summed E-state index contributed by atoms with van der Waals surface area (Å²) in [6.45, 7) is 0. The highest BCUT2D eigenvalue weighted by molar-refractivity contribution is 9.13. The maximum Gasteiger partial charge on any atom is 0.185 e. The number of carbonyl (C=O) groups excluding carboxylic acids is 1. The third kappa shape index (κ3) is 1.43. The second-order valence-electron chi connectivity index (χ2n) is 1.39. The van der Waals surface area contributed by atoms with Crippen molar-refractivity contribution in [2.24, 2.45) is 0 Å². The molecule has 0 saturated heterocycles. The summed E-state index contributed by atoms with van der Waals surface area (Å²) in [4.78, 5) is 10.0. The zero-order valence-corrected chi connectivity index (χ0v) is 7.40. The zero-order valence-electron chi connectivity index (χ0n) is 4.23. The van der Waals surface area contributed by atoms with E-state index in [0.717, 1.165) is 4.47 Å². The molecule has 0 fully saturated rings. The Morgan fingerprint density at radius 1 is 1.56 bits per heavy atom. The lowest BCUT2D eigenvalue weighted by atomic mass is 10.5. The summed E-state index contributed by atoms with van der Waals surface area (Å²) in [7, 11) is 0. The maximum atomic E-state index is 10.0. The van der Waals surface area contributed by atoms with Gasteiger partial charge in [-0.05, 0) is 31.9 Å². The van der Waals surface area contributed by atoms with Gasteiger partial charge in [0.15, 0.2) is 16.7 Å². The van der Waals surface area contributed by atoms with Crippen LogP contribution in [0.15, 0.2) is 19.6 Å². The van der Waals surface area contributed by atoms with Crippen LogP contribution in [0.5, 0.6) is 0 Å². The van der Waals surface area contributed by atoms with E-state index in [9.17, 15) is 4.79 Å². The van der Waals surface area contributed by atoms with Gasteiger partial charge < -0.3 is 4.42 Å². The van der Waals surface area contributed by atoms with Gasteiger partial charge in [-0.15, -0.1) is 0 Å². The molecule has 0 atom stereocenters. The molecular formula is C5H2Br2O2. The minimum atomic E-state index is 0.314. The van der Waals surface area contributed by atoms with Crippen LogP contribution in [-0.2, 0) is 0 Å². The molecule has 0 amide bonds. The van der Waals surface area contributed by atoms with Gasteiger partial charge in [0.05, 0.1) is 4.47 Å². The molecule has 2 nitrogen and oxygen atoms in total. The van der Waals surface area contributed by atoms with Gasteiger partial charge in [-0.25, -0.2) is 0 Å². The largest absolute Gasteiger partial charge is 0.445 e. The van der Waals surface area contributed by atoms with Gasteiger partial charge >= 0.3 is 0 Å². The molecule has 0 bridgehead atoms. The van der Waals surface area contributed by atoms with Crippen molar-refractivity contribution in [3.63, 3.8) is 0 Å². The van der Waals surface area contributed by atoms with E-state index in [-0.39, 0.29) is 0 Å². The second kappa shape index (κ2) is 2.66. The molecule has 1 rings (SSSR count). The molecule has 0 aromatic carbocycles. The summed E-state index contributed by atoms with van der Waals surface area (Å²) in [5.41, 5.74) is 0. The lowest BCUT2D eigenvalue weighted by molar-refractivity contribution is 0.109. The van der Waals surface area contributed by atoms with Crippen molar-refractivity contribution in [1.29, 1.82) is 0 Å². The average Bonchev–Trinajstić information content (AvgIpc) is 2.13. The first kappa shape index (κ1) is 7.02. The monoisotopic (exact) mass is 252 g/mol. The Hall–Kier alpha value is -0.0900. The number of rotatable bonds is 1. The van der Waals surface area contributed by atoms with Crippen LogP contribution in [0.2, 0.25) is 0 Å². The zero-order chi connectivity index (χ0) is 6.85. The molecule has 0 aliphatic carbocycles. The average molecular weight is 254 g/mol. The van der Waals surface area contributed by atoms with E-state index in [2.05, 4.69) is 31.9 Å². The molecule has 0 aliphatic heterocycles. The lowest BCUT2D eigenvalue weighted by Crippen LogP contribution is -1.65. The Balaban J connectivity index is 3.11. The van der Waals surface area contributed by atoms with Crippen LogP contribution in [0.1, 0.15) is 10.6 Å². The number of hydrogen-bond donors (Lipinski definition) is 0. The van der Waals surface area contributed by atoms with E-state index in [1.807, 2.05) is 0 Å². The van der Waals surface area contributed by atoms with E-state index < -0.39 is 0 Å². The van der Waals surface area contributed by atoms with Crippen molar-refractivity contribution in [3.8, 4) is 0 Å². The first-order chi connectivity index (χ1) is 4.24. The topological polar surface area (TPSA) is 30.2 Å². The highest BCUT2D eigenvalue weighted by Crippen LogP contribution is 2.25. The number of furan rings is 1. The SMILES string of the molecule is O=Cc1cc(Br)c(Br)o1. The van der Waals surface area contributed by atoms with Crippen molar-refractivity contribution in [2.75, 3.05) is 0 Å². The predicted octanol–water partition coefficient (Wildman–Crippen LogP) is 2.62. The van der Waals surface area contributed by atoms with Crippen LogP contribution < -0.4 is 0 Å². The number of halogens is 2. The fourth-order valence-corrected chi connectivity index (χ4v) is 1.03. The Kier molecular flexibility index (Phi) is 2.08. The molecule has 0 N–H and O–H groups in total. The van der Waals surface area contributed by atoms with Crippen LogP contribution in [-0.4, -0.2) is 6.29 Å². The normalized spacial score (nSPS) is 9.56. The first-order valence-corrected chi connectivity index (χ1v) is 3.72. The minimum absolute atomic E-state index is 0.314. The van der Waals surface area contributed by atoms with Gasteiger partial charge in [0.1, 0.15) is 0 Å². The Morgan fingerprint density at radius 3 is 2.44 bits per heavy atom. The van der Waals surface area contributed by atoms with E-state index in [1.165, 1.54) is 0 Å². The molecule has 0 spiro atoms. The van der Waals surface area contributed by atoms with Crippen LogP contribution in [0.25, 0.3) is 0 Å². The predicted molar refractivity (Wildman–Crippen MR) is 39.5 cm³/mol. The minimum Gasteiger partial charge on any atom is -0.445 e. The fraction of sp³-hybridized carbons (Fsp3) is 0. The Labute approximate surface area is 68.5 Å². The molecular weight excluding hydrogens is 252 g/mol. The summed E-state index contributed by atoms with van der Waals surface area (Å²) < 4.78 is 6.17. The highest BCUT2D eigenvalue weighted by Gasteiger charge is 2.02. The van der Waals surface area contributed by atoms with Crippen molar-refractivity contribution >= 4 is 38.1 Å². The van der Waals surface area contributed by atoms with E-state index in [0.29, 0.717) is 16.7 Å². The smallest absolute Gasteiger partial charge is 0.185 e. The molecule has 4 heteroatoms. The van der Waals surface area contributed by atoms with Crippen LogP contribution >= 0.6 is 31.9 Å². The molecule has 1 aromatic heterocycles. The molecule has 0 unspecified atom stereocenters. The third-order valence-electron chi connectivity index (χ3n) is 0.780. The standard InChI is InChI=1S/C5H2Br2O2/c6-4-1-3(2-8)9-5(4)7/h1-2H. The van der Waals surface area contributed by atoms with Crippen molar-refractivity contribution in [3.05, 3.63) is 21.0 Å². The molecule has 1 heterocycles. The van der Waals surface area contributed by atoms with Gasteiger partial charge in [0, 0.05) is 6.07 Å². The summed E-state index contributed by atoms with van der Waals surface area (Å²) in [6.07, 6.45) is 0.648. The summed E-state index contributed by atoms with van der Waals surface area (Å²) >= 11 is 6.24. The molecule has 48 valence electrons. The van der Waals surface area contributed by atoms with Crippen LogP contribution in [0, 0.1) is 0 Å². The third-order valence-corrected chi connectivity index (χ3v) is 2.49. The Bertz CT molecular complexity index is 209. The van der Waals surface area contributed by atoms with Crippen LogP contribution in [0.3, 0.4) is 0 Å². The molecule has 0 aliphatic rings. The van der Waals surface area contributed by atoms with E-state index in [1.54, 1.807) is 6.07 Å². The van der Waals surface area contributed by atoms with Gasteiger partial charge in [-0.2, -0.15) is 0 Å². The van der Waals surface area contributed by atoms with Gasteiger partial charge in [0.2, 0.25) is 0 Å². The highest BCUT2D eigenvalue weighted by atomic mass is 79.9. The van der Waals surface area contributed by atoms with Gasteiger partial charge in [-0.3, -0.25) is 4.79 Å². The van der Waals surface area contributed by atoms with Gasteiger partial charge in [0.25, 0.3) is 0 Å². The quantitative estimate of drug-likeness (QED) is 0.721. The van der Waals surface area contributed by atoms with E-state index >= 15 is 0 Å². The number of carbonyl (C=O) groups is 1. The van der Waals surface area contributed by atoms with E-state index in [4.69, 9.17) is 4.42 Å². The first-order valence-electron chi connectivity index (χ1n) is 2.14. The second-order valence-corrected chi connectivity index (χ2v) is 2.96. The molecule has 0 saturated carbocycles. The Morgan fingerprint density at radius 2 is 2.22 bits per heavy atom. The summed E-state index contributed by atoms with van der Waals surface area (Å²) in [6, 6.07) is 1.59. The summed E-state index contributed by atoms with van der Waals surface area (Å²) in [5.74, 6) is 0.314. The number of hydrogen-bond acceptors (Lipinski definition) is 2. The number of aldehydes is 1. The lowest BCUT2D eigenvalue weighted by Gasteiger charge is -1.76. The van der Waals surface area contributed by atoms with Gasteiger partial charge in [-0.1, -0.05) is 0 Å².